The van der Waals surface area contributed by atoms with E-state index in [1.807, 2.05) is 25.7 Å². The summed E-state index contributed by atoms with van der Waals surface area (Å²) in [6.07, 6.45) is 2.33. The zero-order valence-corrected chi connectivity index (χ0v) is 12.5. The molecule has 2 amide bonds. The summed E-state index contributed by atoms with van der Waals surface area (Å²) in [5.74, 6) is 0.590. The Morgan fingerprint density at radius 3 is 2.61 bits per heavy atom. The molecule has 1 unspecified atom stereocenters. The number of likely N-dealkylation sites (tertiary alicyclic amines) is 1. The fourth-order valence-corrected chi connectivity index (χ4v) is 2.22. The largest absolute Gasteiger partial charge is 0.333 e. The van der Waals surface area contributed by atoms with E-state index in [4.69, 9.17) is 0 Å². The van der Waals surface area contributed by atoms with Crippen LogP contribution in [0.2, 0.25) is 0 Å². The van der Waals surface area contributed by atoms with Gasteiger partial charge in [-0.15, -0.1) is 0 Å². The predicted octanol–water partition coefficient (Wildman–Crippen LogP) is 2.20. The van der Waals surface area contributed by atoms with Gasteiger partial charge in [-0.05, 0) is 46.1 Å². The molecule has 0 bridgehead atoms. The number of nitrogens with one attached hydrogen (secondary N) is 2. The minimum absolute atomic E-state index is 0.0803. The van der Waals surface area contributed by atoms with Crippen molar-refractivity contribution in [1.29, 1.82) is 0 Å². The summed E-state index contributed by atoms with van der Waals surface area (Å²) in [5.41, 5.74) is -0.153. The molecule has 0 radical (unpaired) electrons. The Labute approximate surface area is 111 Å². The van der Waals surface area contributed by atoms with Gasteiger partial charge >= 0.3 is 6.03 Å². The summed E-state index contributed by atoms with van der Waals surface area (Å²) in [5, 5.41) is 6.51. The molecule has 4 heteroatoms. The lowest BCUT2D eigenvalue weighted by atomic mass is 9.98. The minimum atomic E-state index is -0.153. The van der Waals surface area contributed by atoms with Gasteiger partial charge in [0, 0.05) is 24.7 Å². The first-order chi connectivity index (χ1) is 8.28. The number of hydrogen-bond acceptors (Lipinski definition) is 2. The molecule has 4 nitrogen and oxygen atoms in total. The van der Waals surface area contributed by atoms with Crippen LogP contribution in [0.25, 0.3) is 0 Å². The van der Waals surface area contributed by atoms with Crippen molar-refractivity contribution in [2.45, 2.75) is 59.0 Å². The molecule has 1 rings (SSSR count). The number of carbonyl (C=O) groups excluding carboxylic acids is 1. The van der Waals surface area contributed by atoms with Crippen LogP contribution in [0.15, 0.2) is 0 Å². The van der Waals surface area contributed by atoms with Gasteiger partial charge in [0.2, 0.25) is 0 Å². The average Bonchev–Trinajstić information content (AvgIpc) is 2.24. The topological polar surface area (TPSA) is 44.4 Å². The summed E-state index contributed by atoms with van der Waals surface area (Å²) >= 11 is 0. The predicted molar refractivity (Wildman–Crippen MR) is 75.7 cm³/mol. The van der Waals surface area contributed by atoms with Crippen LogP contribution in [0.4, 0.5) is 4.79 Å². The Morgan fingerprint density at radius 1 is 1.39 bits per heavy atom. The maximum absolute atomic E-state index is 12.1. The van der Waals surface area contributed by atoms with E-state index in [0.717, 1.165) is 26.1 Å². The van der Waals surface area contributed by atoms with E-state index in [1.165, 1.54) is 6.42 Å². The first kappa shape index (κ1) is 15.3. The van der Waals surface area contributed by atoms with Crippen molar-refractivity contribution in [2.75, 3.05) is 19.6 Å². The van der Waals surface area contributed by atoms with Crippen molar-refractivity contribution in [1.82, 2.24) is 15.5 Å². The standard InChI is InChI=1S/C14H29N3O/c1-11(2)15-9-12-7-6-8-17(10-12)13(18)16-14(3,4)5/h11-12,15H,6-10H2,1-5H3,(H,16,18). The molecule has 18 heavy (non-hydrogen) atoms. The van der Waals surface area contributed by atoms with Gasteiger partial charge in [0.15, 0.2) is 0 Å². The third-order valence-corrected chi connectivity index (χ3v) is 3.10. The second kappa shape index (κ2) is 6.41. The lowest BCUT2D eigenvalue weighted by molar-refractivity contribution is 0.156. The van der Waals surface area contributed by atoms with Gasteiger partial charge < -0.3 is 15.5 Å². The zero-order chi connectivity index (χ0) is 13.8. The molecule has 106 valence electrons. The second-order valence-corrected chi connectivity index (χ2v) is 6.70. The molecule has 0 aromatic rings. The minimum Gasteiger partial charge on any atom is -0.333 e. The van der Waals surface area contributed by atoms with Gasteiger partial charge in [-0.1, -0.05) is 13.8 Å². The van der Waals surface area contributed by atoms with Crippen LogP contribution >= 0.6 is 0 Å². The van der Waals surface area contributed by atoms with Crippen molar-refractivity contribution in [3.05, 3.63) is 0 Å². The van der Waals surface area contributed by atoms with E-state index < -0.39 is 0 Å². The molecule has 0 spiro atoms. The van der Waals surface area contributed by atoms with E-state index in [2.05, 4.69) is 24.5 Å². The summed E-state index contributed by atoms with van der Waals surface area (Å²) in [7, 11) is 0. The fourth-order valence-electron chi connectivity index (χ4n) is 2.22. The van der Waals surface area contributed by atoms with Gasteiger partial charge in [-0.2, -0.15) is 0 Å². The van der Waals surface area contributed by atoms with Crippen LogP contribution in [0, 0.1) is 5.92 Å². The van der Waals surface area contributed by atoms with Gasteiger partial charge in [-0.25, -0.2) is 4.79 Å². The number of nitrogens with zero attached hydrogens (tertiary/aromatic N) is 1. The average molecular weight is 255 g/mol. The molecule has 1 aliphatic rings. The quantitative estimate of drug-likeness (QED) is 0.812. The maximum atomic E-state index is 12.1. The first-order valence-corrected chi connectivity index (χ1v) is 7.08. The van der Waals surface area contributed by atoms with E-state index in [9.17, 15) is 4.79 Å². The molecular formula is C14H29N3O. The van der Waals surface area contributed by atoms with Crippen molar-refractivity contribution < 1.29 is 4.79 Å². The van der Waals surface area contributed by atoms with Gasteiger partial charge in [0.05, 0.1) is 0 Å². The third kappa shape index (κ3) is 5.71. The molecule has 2 N–H and O–H groups in total. The molecular weight excluding hydrogens is 226 g/mol. The highest BCUT2D eigenvalue weighted by Gasteiger charge is 2.25. The second-order valence-electron chi connectivity index (χ2n) is 6.70. The van der Waals surface area contributed by atoms with E-state index >= 15 is 0 Å². The molecule has 1 fully saturated rings. The van der Waals surface area contributed by atoms with E-state index in [-0.39, 0.29) is 11.6 Å². The molecule has 1 heterocycles. The Bertz CT molecular complexity index is 271. The molecule has 0 aliphatic carbocycles. The third-order valence-electron chi connectivity index (χ3n) is 3.10. The highest BCUT2D eigenvalue weighted by molar-refractivity contribution is 5.75. The highest BCUT2D eigenvalue weighted by atomic mass is 16.2. The van der Waals surface area contributed by atoms with Crippen LogP contribution in [-0.2, 0) is 0 Å². The lowest BCUT2D eigenvalue weighted by Crippen LogP contribution is -2.52. The highest BCUT2D eigenvalue weighted by Crippen LogP contribution is 2.16. The number of urea groups is 1. The van der Waals surface area contributed by atoms with Crippen LogP contribution in [0.3, 0.4) is 0 Å². The monoisotopic (exact) mass is 255 g/mol. The maximum Gasteiger partial charge on any atom is 0.317 e. The molecule has 0 saturated carbocycles. The SMILES string of the molecule is CC(C)NCC1CCCN(C(=O)NC(C)(C)C)C1. The van der Waals surface area contributed by atoms with Crippen LogP contribution < -0.4 is 10.6 Å². The van der Waals surface area contributed by atoms with Crippen molar-refractivity contribution >= 4 is 6.03 Å². The Morgan fingerprint density at radius 2 is 2.06 bits per heavy atom. The smallest absolute Gasteiger partial charge is 0.317 e. The normalized spacial score (nSPS) is 21.2. The Balaban J connectivity index is 2.40. The van der Waals surface area contributed by atoms with Gasteiger partial charge in [-0.3, -0.25) is 0 Å². The van der Waals surface area contributed by atoms with Crippen LogP contribution in [0.5, 0.6) is 0 Å². The molecule has 1 aliphatic heterocycles. The van der Waals surface area contributed by atoms with E-state index in [1.54, 1.807) is 0 Å². The van der Waals surface area contributed by atoms with Gasteiger partial charge in [0.1, 0.15) is 0 Å². The molecule has 1 saturated heterocycles. The first-order valence-electron chi connectivity index (χ1n) is 7.08. The Kier molecular flexibility index (Phi) is 5.45. The van der Waals surface area contributed by atoms with Crippen molar-refractivity contribution in [3.8, 4) is 0 Å². The molecule has 0 aromatic heterocycles. The molecule has 1 atom stereocenters. The van der Waals surface area contributed by atoms with Crippen LogP contribution in [0.1, 0.15) is 47.5 Å². The Hall–Kier alpha value is -0.770. The summed E-state index contributed by atoms with van der Waals surface area (Å²) in [4.78, 5) is 14.1. The summed E-state index contributed by atoms with van der Waals surface area (Å²) in [6.45, 7) is 13.2. The zero-order valence-electron chi connectivity index (χ0n) is 12.5. The molecule has 0 aromatic carbocycles. The van der Waals surface area contributed by atoms with Crippen molar-refractivity contribution in [2.24, 2.45) is 5.92 Å². The number of amides is 2. The van der Waals surface area contributed by atoms with Gasteiger partial charge in [0.25, 0.3) is 0 Å². The number of rotatable bonds is 3. The number of hydrogen-bond donors (Lipinski definition) is 2. The summed E-state index contributed by atoms with van der Waals surface area (Å²) < 4.78 is 0. The van der Waals surface area contributed by atoms with E-state index in [0.29, 0.717) is 12.0 Å². The lowest BCUT2D eigenvalue weighted by Gasteiger charge is -2.35. The van der Waals surface area contributed by atoms with Crippen molar-refractivity contribution in [3.63, 3.8) is 0 Å². The fraction of sp³-hybridized carbons (Fsp3) is 0.929. The van der Waals surface area contributed by atoms with Crippen LogP contribution in [-0.4, -0.2) is 42.1 Å². The number of piperidine rings is 1. The number of carbonyl (C=O) groups is 1. The summed E-state index contributed by atoms with van der Waals surface area (Å²) in [6, 6.07) is 0.598.